The number of primary amides is 1. The van der Waals surface area contributed by atoms with Crippen LogP contribution in [0.4, 0.5) is 0 Å². The zero-order chi connectivity index (χ0) is 26.6. The second-order valence-electron chi connectivity index (χ2n) is 8.66. The fourth-order valence-corrected chi connectivity index (χ4v) is 4.28. The molecule has 37 heavy (non-hydrogen) atoms. The van der Waals surface area contributed by atoms with Crippen LogP contribution in [0.2, 0.25) is 0 Å². The Balaban J connectivity index is 2.00. The molecule has 0 aliphatic rings. The third-order valence-electron chi connectivity index (χ3n) is 6.02. The highest BCUT2D eigenvalue weighted by Crippen LogP contribution is 2.29. The minimum atomic E-state index is -0.844. The third-order valence-corrected chi connectivity index (χ3v) is 6.02. The molecule has 8 nitrogen and oxygen atoms in total. The lowest BCUT2D eigenvalue weighted by Gasteiger charge is -2.33. The van der Waals surface area contributed by atoms with Crippen LogP contribution in [0, 0.1) is 0 Å². The van der Waals surface area contributed by atoms with E-state index in [9.17, 15) is 9.59 Å². The number of nitrogens with two attached hydrogens (primary N) is 3. The average molecular weight is 502 g/mol. The summed E-state index contributed by atoms with van der Waals surface area (Å²) < 4.78 is 5.55. The van der Waals surface area contributed by atoms with E-state index in [-0.39, 0.29) is 18.4 Å². The SMILES string of the molecule is CCOc1ccc(CN(C(=O)C(c2ccccc2)c2ccccc2)[C@H](CCCN=C(N)N)C(N)=O)cc1. The largest absolute Gasteiger partial charge is 0.494 e. The van der Waals surface area contributed by atoms with E-state index >= 15 is 0 Å². The first-order valence-electron chi connectivity index (χ1n) is 12.4. The lowest BCUT2D eigenvalue weighted by Crippen LogP contribution is -2.49. The van der Waals surface area contributed by atoms with Crippen molar-refractivity contribution in [3.8, 4) is 5.75 Å². The first-order chi connectivity index (χ1) is 17.9. The number of amides is 2. The number of aliphatic imine (C=N–C) groups is 1. The van der Waals surface area contributed by atoms with Gasteiger partial charge < -0.3 is 26.8 Å². The molecule has 0 spiro atoms. The van der Waals surface area contributed by atoms with Crippen molar-refractivity contribution in [3.05, 3.63) is 102 Å². The fraction of sp³-hybridized carbons (Fsp3) is 0.276. The number of guanidine groups is 1. The van der Waals surface area contributed by atoms with E-state index in [1.54, 1.807) is 4.90 Å². The zero-order valence-corrected chi connectivity index (χ0v) is 21.1. The van der Waals surface area contributed by atoms with Crippen molar-refractivity contribution in [2.75, 3.05) is 13.2 Å². The molecule has 0 aliphatic carbocycles. The molecule has 0 saturated carbocycles. The highest BCUT2D eigenvalue weighted by Gasteiger charge is 2.34. The van der Waals surface area contributed by atoms with Crippen LogP contribution in [-0.2, 0) is 16.1 Å². The molecule has 0 aromatic heterocycles. The molecular weight excluding hydrogens is 466 g/mol. The summed E-state index contributed by atoms with van der Waals surface area (Å²) >= 11 is 0. The monoisotopic (exact) mass is 501 g/mol. The van der Waals surface area contributed by atoms with Crippen molar-refractivity contribution in [1.29, 1.82) is 0 Å². The van der Waals surface area contributed by atoms with Gasteiger partial charge in [0.2, 0.25) is 11.8 Å². The van der Waals surface area contributed by atoms with Gasteiger partial charge in [-0.25, -0.2) is 0 Å². The van der Waals surface area contributed by atoms with Gasteiger partial charge in [0.05, 0.1) is 12.5 Å². The van der Waals surface area contributed by atoms with Crippen molar-refractivity contribution in [2.45, 2.75) is 38.3 Å². The van der Waals surface area contributed by atoms with E-state index in [2.05, 4.69) is 4.99 Å². The maximum atomic E-state index is 14.3. The second-order valence-corrected chi connectivity index (χ2v) is 8.66. The number of carbonyl (C=O) groups excluding carboxylic acids is 2. The van der Waals surface area contributed by atoms with E-state index in [1.807, 2.05) is 91.9 Å². The van der Waals surface area contributed by atoms with Gasteiger partial charge in [0.15, 0.2) is 5.96 Å². The van der Waals surface area contributed by atoms with Crippen LogP contribution in [0.15, 0.2) is 89.9 Å². The van der Waals surface area contributed by atoms with Crippen molar-refractivity contribution < 1.29 is 14.3 Å². The molecule has 0 fully saturated rings. The summed E-state index contributed by atoms with van der Waals surface area (Å²) in [5.74, 6) is -0.684. The van der Waals surface area contributed by atoms with Crippen LogP contribution in [0.5, 0.6) is 5.75 Å². The van der Waals surface area contributed by atoms with Crippen molar-refractivity contribution in [3.63, 3.8) is 0 Å². The zero-order valence-electron chi connectivity index (χ0n) is 21.1. The lowest BCUT2D eigenvalue weighted by atomic mass is 9.89. The molecule has 0 heterocycles. The number of rotatable bonds is 13. The van der Waals surface area contributed by atoms with Gasteiger partial charge in [0.1, 0.15) is 11.8 Å². The topological polar surface area (TPSA) is 137 Å². The molecule has 3 aromatic rings. The van der Waals surface area contributed by atoms with Gasteiger partial charge in [-0.15, -0.1) is 0 Å². The van der Waals surface area contributed by atoms with Gasteiger partial charge in [0, 0.05) is 13.1 Å². The van der Waals surface area contributed by atoms with E-state index in [1.165, 1.54) is 0 Å². The summed E-state index contributed by atoms with van der Waals surface area (Å²) in [7, 11) is 0. The van der Waals surface area contributed by atoms with Gasteiger partial charge in [-0.1, -0.05) is 72.8 Å². The number of nitrogens with zero attached hydrogens (tertiary/aromatic N) is 2. The molecule has 6 N–H and O–H groups in total. The minimum absolute atomic E-state index is 0.0221. The molecule has 8 heteroatoms. The first-order valence-corrected chi connectivity index (χ1v) is 12.4. The predicted molar refractivity (Wildman–Crippen MR) is 146 cm³/mol. The van der Waals surface area contributed by atoms with Crippen LogP contribution < -0.4 is 21.9 Å². The standard InChI is InChI=1S/C29H35N5O3/c1-2-37-24-17-15-21(16-18-24)20-34(25(27(30)35)14-9-19-33-29(31)32)28(36)26(22-10-5-3-6-11-22)23-12-7-4-8-13-23/h3-8,10-13,15-18,25-26H,2,9,14,19-20H2,1H3,(H2,30,35)(H4,31,32,33)/t25-/m1/s1. The highest BCUT2D eigenvalue weighted by atomic mass is 16.5. The fourth-order valence-electron chi connectivity index (χ4n) is 4.28. The van der Waals surface area contributed by atoms with E-state index in [0.717, 1.165) is 22.4 Å². The summed E-state index contributed by atoms with van der Waals surface area (Å²) in [6, 6.07) is 25.7. The average Bonchev–Trinajstić information content (AvgIpc) is 2.90. The Morgan fingerprint density at radius 2 is 1.43 bits per heavy atom. The Labute approximate surface area is 218 Å². The summed E-state index contributed by atoms with van der Waals surface area (Å²) in [5, 5.41) is 0. The van der Waals surface area contributed by atoms with Crippen LogP contribution in [0.3, 0.4) is 0 Å². The molecule has 0 saturated heterocycles. The summed E-state index contributed by atoms with van der Waals surface area (Å²) in [6.45, 7) is 3.01. The van der Waals surface area contributed by atoms with Gasteiger partial charge in [0.25, 0.3) is 0 Å². The first kappa shape index (κ1) is 27.3. The van der Waals surface area contributed by atoms with Crippen LogP contribution >= 0.6 is 0 Å². The van der Waals surface area contributed by atoms with E-state index in [0.29, 0.717) is 26.0 Å². The van der Waals surface area contributed by atoms with Crippen molar-refractivity contribution in [1.82, 2.24) is 4.90 Å². The number of hydrogen-bond donors (Lipinski definition) is 3. The predicted octanol–water partition coefficient (Wildman–Crippen LogP) is 3.15. The van der Waals surface area contributed by atoms with Crippen LogP contribution in [0.1, 0.15) is 42.4 Å². The second kappa shape index (κ2) is 13.7. The van der Waals surface area contributed by atoms with Crippen molar-refractivity contribution in [2.24, 2.45) is 22.2 Å². The van der Waals surface area contributed by atoms with Gasteiger partial charge in [-0.3, -0.25) is 14.6 Å². The summed E-state index contributed by atoms with van der Waals surface area (Å²) in [4.78, 5) is 32.6. The van der Waals surface area contributed by atoms with Gasteiger partial charge in [-0.05, 0) is 48.6 Å². The maximum Gasteiger partial charge on any atom is 0.240 e. The Bertz CT molecular complexity index is 1120. The van der Waals surface area contributed by atoms with Gasteiger partial charge >= 0.3 is 0 Å². The maximum absolute atomic E-state index is 14.3. The molecule has 0 bridgehead atoms. The molecule has 0 unspecified atom stereocenters. The molecule has 3 aromatic carbocycles. The Kier molecular flexibility index (Phi) is 10.1. The van der Waals surface area contributed by atoms with E-state index in [4.69, 9.17) is 21.9 Å². The highest BCUT2D eigenvalue weighted by molar-refractivity contribution is 5.92. The quantitative estimate of drug-likeness (QED) is 0.188. The molecule has 0 radical (unpaired) electrons. The molecule has 0 aliphatic heterocycles. The van der Waals surface area contributed by atoms with Gasteiger partial charge in [-0.2, -0.15) is 0 Å². The molecule has 2 amide bonds. The Morgan fingerprint density at radius 3 is 1.92 bits per heavy atom. The molecule has 3 rings (SSSR count). The van der Waals surface area contributed by atoms with Crippen molar-refractivity contribution >= 4 is 17.8 Å². The lowest BCUT2D eigenvalue weighted by molar-refractivity contribution is -0.141. The molecular formula is C29H35N5O3. The number of carbonyl (C=O) groups is 2. The number of benzene rings is 3. The smallest absolute Gasteiger partial charge is 0.240 e. The number of ether oxygens (including phenoxy) is 1. The Hall–Kier alpha value is -4.33. The third kappa shape index (κ3) is 7.83. The molecule has 1 atom stereocenters. The van der Waals surface area contributed by atoms with Crippen LogP contribution in [-0.4, -0.2) is 41.9 Å². The summed E-state index contributed by atoms with van der Waals surface area (Å²) in [5.41, 5.74) is 19.3. The minimum Gasteiger partial charge on any atom is -0.494 e. The normalized spacial score (nSPS) is 11.5. The summed E-state index contributed by atoms with van der Waals surface area (Å²) in [6.07, 6.45) is 0.811. The number of hydrogen-bond acceptors (Lipinski definition) is 4. The Morgan fingerprint density at radius 1 is 0.865 bits per heavy atom. The van der Waals surface area contributed by atoms with Crippen LogP contribution in [0.25, 0.3) is 0 Å². The molecule has 194 valence electrons. The van der Waals surface area contributed by atoms with E-state index < -0.39 is 17.9 Å².